The average Bonchev–Trinajstić information content (AvgIpc) is 1.42. The van der Waals surface area contributed by atoms with Crippen molar-refractivity contribution in [3.05, 3.63) is 341 Å². The number of carbonyl (C=O) groups is 1. The molecule has 22 rings (SSSR count). The van der Waals surface area contributed by atoms with Crippen molar-refractivity contribution in [1.29, 1.82) is 0 Å². The van der Waals surface area contributed by atoms with Crippen LogP contribution < -0.4 is 45.1 Å². The highest BCUT2D eigenvalue weighted by molar-refractivity contribution is 6.15. The van der Waals surface area contributed by atoms with Crippen LogP contribution >= 0.6 is 0 Å². The van der Waals surface area contributed by atoms with E-state index in [2.05, 4.69) is 196 Å². The number of hydrogen-bond acceptors (Lipinski definition) is 18. The minimum atomic E-state index is -0.106. The fraction of sp³-hybridized carbons (Fsp3) is 0.238. The van der Waals surface area contributed by atoms with Crippen molar-refractivity contribution in [3.8, 4) is 46.0 Å². The lowest BCUT2D eigenvalue weighted by Crippen LogP contribution is -2.41. The quantitative estimate of drug-likeness (QED) is 0.0570. The molecule has 640 valence electrons. The molecule has 0 amide bonds. The van der Waals surface area contributed by atoms with Gasteiger partial charge in [-0.25, -0.2) is 4.99 Å². The number of phenolic OH excluding ortho intramolecular Hbond substituents is 4. The van der Waals surface area contributed by atoms with Gasteiger partial charge in [-0.15, -0.1) is 0 Å². The molecule has 0 bridgehead atoms. The van der Waals surface area contributed by atoms with Crippen LogP contribution in [-0.2, 0) is 30.4 Å². The Labute approximate surface area is 732 Å². The Bertz CT molecular complexity index is 6640. The maximum Gasteiger partial charge on any atom is 0.168 e. The lowest BCUT2D eigenvalue weighted by atomic mass is 9.86. The first-order valence-electron chi connectivity index (χ1n) is 42.8. The highest BCUT2D eigenvalue weighted by atomic mass is 16.5. The number of carbonyl (C=O) groups excluding carboxylic acids is 1. The molecule has 3 aromatic heterocycles. The van der Waals surface area contributed by atoms with Gasteiger partial charge in [-0.1, -0.05) is 121 Å². The molecule has 0 radical (unpaired) electrons. The van der Waals surface area contributed by atoms with E-state index in [0.29, 0.717) is 58.1 Å². The predicted molar refractivity (Wildman–Crippen MR) is 502 cm³/mol. The number of aliphatic imine (C=N–C) groups is 2. The Morgan fingerprint density at radius 3 is 1.64 bits per heavy atom. The van der Waals surface area contributed by atoms with Crippen LogP contribution in [0.4, 0.5) is 5.69 Å². The van der Waals surface area contributed by atoms with E-state index >= 15 is 0 Å². The van der Waals surface area contributed by atoms with E-state index < -0.39 is 0 Å². The normalized spacial score (nSPS) is 18.0. The summed E-state index contributed by atoms with van der Waals surface area (Å²) in [7, 11) is 7.71. The van der Waals surface area contributed by atoms with Crippen LogP contribution in [0.15, 0.2) is 267 Å². The number of methoxy groups -OCH3 is 5. The number of allylic oxidation sites excluding steroid dienone is 9. The van der Waals surface area contributed by atoms with E-state index in [1.807, 2.05) is 66.8 Å². The first-order chi connectivity index (χ1) is 61.2. The van der Waals surface area contributed by atoms with E-state index in [1.54, 1.807) is 52.7 Å². The molecule has 0 saturated carbocycles. The van der Waals surface area contributed by atoms with E-state index in [-0.39, 0.29) is 40.4 Å². The van der Waals surface area contributed by atoms with Gasteiger partial charge in [-0.2, -0.15) is 0 Å². The molecular weight excluding hydrogens is 1580 g/mol. The molecule has 9 aliphatic heterocycles. The number of anilines is 1. The molecule has 8 aromatic carbocycles. The largest absolute Gasteiger partial charge is 0.504 e. The number of aryl methyl sites for hydroxylation is 4. The van der Waals surface area contributed by atoms with Crippen LogP contribution in [0.25, 0.3) is 56.1 Å². The Balaban J connectivity index is 0.000000109. The number of rotatable bonds is 10. The fourth-order valence-electron chi connectivity index (χ4n) is 18.8. The first-order valence-corrected chi connectivity index (χ1v) is 42.8. The number of aldehydes is 1. The number of ether oxygens (including phenoxy) is 5. The van der Waals surface area contributed by atoms with Crippen LogP contribution in [0, 0.1) is 33.6 Å². The summed E-state index contributed by atoms with van der Waals surface area (Å²) in [6, 6.07) is 46.2. The molecule has 0 fully saturated rings. The molecule has 2 aliphatic carbocycles. The third kappa shape index (κ3) is 16.1. The summed E-state index contributed by atoms with van der Waals surface area (Å²) in [6.07, 6.45) is 29.9. The first kappa shape index (κ1) is 83.7. The highest BCUT2D eigenvalue weighted by Crippen LogP contribution is 2.48. The summed E-state index contributed by atoms with van der Waals surface area (Å²) in [5, 5.41) is 63.8. The standard InChI is InChI=1S/4C21H20N2O2.C13H16N2.C8H8O3/c2*1-12-3-4-13-14-9-10-23-17-7-8-19(25-2)21(24)15(17)5-6-18(23)20(14)22-16(13)11-12;2*1-13-6-8-15-16-10-11-22-17(20(16)23-18(15)12-13)9-7-14-4-3-5-19(25-2)21(14)24;1-8-3-4-10-11-5-6-14-9(2)13(11)15-12(10)7-8;1-11-7-4-2-3-6(5-9)8(7)10/h3-4,7-8,11,24H,5-6,9-10H2,1-2H3;3-8,11,17,22,24H,9-10H2,1-2H3;2*3-9,12,23-24H,10-11H2,1-2H3;3-4,7,10,12,14-15H,2,5-6H2,1H3;2-5,10H,1H3/b;;9-7-;;;. The Hall–Kier alpha value is -14.6. The molecule has 11 aromatic rings. The number of aromatic hydroxyl groups is 4. The number of para-hydroxylation sites is 3. The zero-order chi connectivity index (χ0) is 87.7. The molecule has 0 saturated heterocycles. The second-order valence-electron chi connectivity index (χ2n) is 32.9. The van der Waals surface area contributed by atoms with Crippen LogP contribution in [0.5, 0.6) is 46.0 Å². The summed E-state index contributed by atoms with van der Waals surface area (Å²) in [6.45, 7) is 19.1. The second kappa shape index (κ2) is 35.7. The Morgan fingerprint density at radius 2 is 1.06 bits per heavy atom. The molecular formula is C105H104N10O11. The van der Waals surface area contributed by atoms with E-state index in [1.165, 1.54) is 119 Å². The number of nitrogens with zero attached hydrogens (tertiary/aromatic N) is 5. The minimum Gasteiger partial charge on any atom is -0.504 e. The van der Waals surface area contributed by atoms with Gasteiger partial charge < -0.3 is 84.6 Å². The smallest absolute Gasteiger partial charge is 0.168 e. The minimum absolute atomic E-state index is 0.0557. The van der Waals surface area contributed by atoms with Crippen molar-refractivity contribution in [3.63, 3.8) is 0 Å². The highest BCUT2D eigenvalue weighted by Gasteiger charge is 2.39. The number of benzene rings is 8. The van der Waals surface area contributed by atoms with Gasteiger partial charge in [0.1, 0.15) is 0 Å². The van der Waals surface area contributed by atoms with Gasteiger partial charge in [0.15, 0.2) is 63.8 Å². The van der Waals surface area contributed by atoms with Crippen LogP contribution in [0.3, 0.4) is 0 Å². The Kier molecular flexibility index (Phi) is 23.7. The number of aromatic nitrogens is 3. The second-order valence-corrected chi connectivity index (χ2v) is 32.9. The summed E-state index contributed by atoms with van der Waals surface area (Å²) in [5.74, 6) is 3.58. The molecule has 10 N–H and O–H groups in total. The molecule has 3 atom stereocenters. The van der Waals surface area contributed by atoms with Gasteiger partial charge in [-0.05, 0) is 227 Å². The van der Waals surface area contributed by atoms with Gasteiger partial charge in [0.2, 0.25) is 0 Å². The number of aliphatic hydroxyl groups excluding tert-OH is 1. The number of fused-ring (bicyclic) bond motifs is 20. The SMILES string of the molecule is C=C1NCCC2=C1NC1C=C(C)C=CC21.COC1=C(O)C2=CC=C3c4[nH]c5cc(C)ccc5c4CCN3C2C=C1.COc1ccc2c(c1O)CCC1=C3N=c4cc(C)ccc4=C3CCN12.COc1cccc(/C=C\C2=NCCc3c2[nH]c2cc(C)ccc32)c1O.COc1cccc(C=CC2=NCCc3c2[nH]c2cc(C)ccc32)c1O.COc1cccc(C=O)c1O. The molecule has 0 spiro atoms. The van der Waals surface area contributed by atoms with Crippen LogP contribution in [0.1, 0.15) is 109 Å². The van der Waals surface area contributed by atoms with Gasteiger partial charge in [0.25, 0.3) is 0 Å². The maximum absolute atomic E-state index is 10.5. The van der Waals surface area contributed by atoms with E-state index in [0.717, 1.165) is 145 Å². The number of phenols is 4. The van der Waals surface area contributed by atoms with Crippen molar-refractivity contribution in [1.82, 2.24) is 30.5 Å². The number of hydrogen-bond donors (Lipinski definition) is 10. The summed E-state index contributed by atoms with van der Waals surface area (Å²) >= 11 is 0. The average molecular weight is 1680 g/mol. The van der Waals surface area contributed by atoms with Crippen LogP contribution in [-0.4, -0.2) is 143 Å². The lowest BCUT2D eigenvalue weighted by molar-refractivity contribution is 0.112. The van der Waals surface area contributed by atoms with E-state index in [9.17, 15) is 30.3 Å². The number of aliphatic hydroxyl groups is 1. The van der Waals surface area contributed by atoms with Crippen LogP contribution in [0.2, 0.25) is 0 Å². The van der Waals surface area contributed by atoms with Crippen molar-refractivity contribution < 1.29 is 54.0 Å². The van der Waals surface area contributed by atoms with Gasteiger partial charge in [0.05, 0.1) is 110 Å². The molecule has 126 heavy (non-hydrogen) atoms. The van der Waals surface area contributed by atoms with Crippen molar-refractivity contribution in [2.24, 2.45) is 20.9 Å². The Morgan fingerprint density at radius 1 is 0.516 bits per heavy atom. The van der Waals surface area contributed by atoms with Gasteiger partial charge in [-0.3, -0.25) is 14.8 Å². The number of aromatic amines is 3. The molecule has 21 nitrogen and oxygen atoms in total. The molecule has 12 heterocycles. The van der Waals surface area contributed by atoms with Gasteiger partial charge in [0, 0.05) is 110 Å². The topological polar surface area (TPSA) is 279 Å². The molecule has 3 unspecified atom stereocenters. The predicted octanol–water partition coefficient (Wildman–Crippen LogP) is 18.1. The number of nitrogens with one attached hydrogen (secondary N) is 5. The van der Waals surface area contributed by atoms with Crippen molar-refractivity contribution in [2.75, 3.05) is 73.2 Å². The third-order valence-corrected chi connectivity index (χ3v) is 25.1. The fourth-order valence-corrected chi connectivity index (χ4v) is 18.8. The van der Waals surface area contributed by atoms with Gasteiger partial charge >= 0.3 is 0 Å². The zero-order valence-electron chi connectivity index (χ0n) is 72.6. The lowest BCUT2D eigenvalue weighted by Gasteiger charge is -2.41. The van der Waals surface area contributed by atoms with Crippen molar-refractivity contribution >= 4 is 79.5 Å². The monoisotopic (exact) mass is 1680 g/mol. The summed E-state index contributed by atoms with van der Waals surface area (Å²) in [4.78, 5) is 39.9. The number of H-pyrrole nitrogens is 3. The maximum atomic E-state index is 10.5. The zero-order valence-corrected chi connectivity index (χ0v) is 72.6. The summed E-state index contributed by atoms with van der Waals surface area (Å²) in [5.41, 5.74) is 32.5. The molecule has 11 aliphatic rings. The summed E-state index contributed by atoms with van der Waals surface area (Å²) < 4.78 is 25.6. The van der Waals surface area contributed by atoms with Crippen molar-refractivity contribution in [2.45, 2.75) is 91.6 Å². The third-order valence-electron chi connectivity index (χ3n) is 25.1. The molecule has 21 heteroatoms. The van der Waals surface area contributed by atoms with E-state index in [4.69, 9.17) is 28.7 Å².